The Kier molecular flexibility index (Phi) is 9.68. The number of fused-ring (bicyclic) bond motifs is 1. The van der Waals surface area contributed by atoms with Crippen molar-refractivity contribution < 1.29 is 9.59 Å². The van der Waals surface area contributed by atoms with Crippen molar-refractivity contribution in [1.82, 2.24) is 10.6 Å². The third kappa shape index (κ3) is 7.09. The lowest BCUT2D eigenvalue weighted by Gasteiger charge is -2.22. The molecule has 1 amide bonds. The van der Waals surface area contributed by atoms with Crippen molar-refractivity contribution in [2.75, 3.05) is 6.54 Å². The summed E-state index contributed by atoms with van der Waals surface area (Å²) in [5.41, 5.74) is 3.86. The predicted molar refractivity (Wildman–Crippen MR) is 134 cm³/mol. The normalized spacial score (nSPS) is 13.2. The maximum absolute atomic E-state index is 12.4. The number of benzene rings is 2. The van der Waals surface area contributed by atoms with Crippen LogP contribution in [0.15, 0.2) is 90.2 Å². The Hall–Kier alpha value is -3.40. The number of amides is 1. The molecule has 0 fully saturated rings. The topological polar surface area (TPSA) is 58.2 Å². The zero-order valence-corrected chi connectivity index (χ0v) is 19.6. The van der Waals surface area contributed by atoms with Gasteiger partial charge in [0.05, 0.1) is 6.42 Å². The molecule has 0 aliphatic carbocycles. The molecule has 1 unspecified atom stereocenters. The van der Waals surface area contributed by atoms with Gasteiger partial charge in [-0.25, -0.2) is 0 Å². The van der Waals surface area contributed by atoms with Crippen molar-refractivity contribution >= 4 is 22.5 Å². The molecular weight excluding hydrogens is 396 g/mol. The summed E-state index contributed by atoms with van der Waals surface area (Å²) in [6.07, 6.45) is 8.15. The lowest BCUT2D eigenvalue weighted by Crippen LogP contribution is -2.25. The minimum atomic E-state index is -0.0522. The number of ketones is 1. The van der Waals surface area contributed by atoms with Crippen LogP contribution in [-0.4, -0.2) is 18.2 Å². The SMILES string of the molecule is C=C(NC(C)c1cccc2ccccc12)C(=C/C)/C(=C\C)CC(=O)NCC/C=C/C(C)=O. The summed E-state index contributed by atoms with van der Waals surface area (Å²) in [6, 6.07) is 14.7. The highest BCUT2D eigenvalue weighted by Crippen LogP contribution is 2.27. The smallest absolute Gasteiger partial charge is 0.224 e. The first-order valence-electron chi connectivity index (χ1n) is 11.1. The maximum Gasteiger partial charge on any atom is 0.224 e. The van der Waals surface area contributed by atoms with E-state index in [-0.39, 0.29) is 24.2 Å². The van der Waals surface area contributed by atoms with Gasteiger partial charge in [0.25, 0.3) is 0 Å². The molecule has 4 heteroatoms. The van der Waals surface area contributed by atoms with E-state index in [1.54, 1.807) is 6.08 Å². The van der Waals surface area contributed by atoms with E-state index in [0.717, 1.165) is 16.8 Å². The van der Waals surface area contributed by atoms with Gasteiger partial charge in [-0.15, -0.1) is 0 Å². The molecule has 0 heterocycles. The van der Waals surface area contributed by atoms with E-state index in [1.165, 1.54) is 29.3 Å². The molecular formula is C28H34N2O2. The van der Waals surface area contributed by atoms with Crippen molar-refractivity contribution in [3.8, 4) is 0 Å². The van der Waals surface area contributed by atoms with Crippen LogP contribution in [0.25, 0.3) is 10.8 Å². The molecule has 0 saturated carbocycles. The Bertz CT molecular complexity index is 1050. The highest BCUT2D eigenvalue weighted by atomic mass is 16.1. The minimum absolute atomic E-state index is 0.00833. The lowest BCUT2D eigenvalue weighted by molar-refractivity contribution is -0.120. The quantitative estimate of drug-likeness (QED) is 0.264. The minimum Gasteiger partial charge on any atom is -0.378 e. The number of carbonyl (C=O) groups is 2. The lowest BCUT2D eigenvalue weighted by atomic mass is 9.96. The summed E-state index contributed by atoms with van der Waals surface area (Å²) >= 11 is 0. The van der Waals surface area contributed by atoms with Gasteiger partial charge in [-0.3, -0.25) is 9.59 Å². The van der Waals surface area contributed by atoms with E-state index in [9.17, 15) is 9.59 Å². The van der Waals surface area contributed by atoms with Crippen molar-refractivity contribution in [3.63, 3.8) is 0 Å². The van der Waals surface area contributed by atoms with Crippen molar-refractivity contribution in [1.29, 1.82) is 0 Å². The van der Waals surface area contributed by atoms with E-state index >= 15 is 0 Å². The molecule has 4 nitrogen and oxygen atoms in total. The van der Waals surface area contributed by atoms with E-state index in [1.807, 2.05) is 32.1 Å². The number of allylic oxidation sites excluding steroid dienone is 4. The molecule has 2 N–H and O–H groups in total. The van der Waals surface area contributed by atoms with Gasteiger partial charge >= 0.3 is 0 Å². The van der Waals surface area contributed by atoms with Gasteiger partial charge in [0.2, 0.25) is 5.91 Å². The summed E-state index contributed by atoms with van der Waals surface area (Å²) in [5.74, 6) is -0.0439. The molecule has 0 radical (unpaired) electrons. The third-order valence-electron chi connectivity index (χ3n) is 5.33. The maximum atomic E-state index is 12.4. The molecule has 0 bridgehead atoms. The van der Waals surface area contributed by atoms with Crippen LogP contribution in [0.1, 0.15) is 52.1 Å². The molecule has 0 aliphatic heterocycles. The van der Waals surface area contributed by atoms with Crippen LogP contribution in [-0.2, 0) is 9.59 Å². The van der Waals surface area contributed by atoms with Gasteiger partial charge in [-0.1, -0.05) is 67.3 Å². The summed E-state index contributed by atoms with van der Waals surface area (Å²) in [6.45, 7) is 12.3. The second-order valence-electron chi connectivity index (χ2n) is 7.76. The van der Waals surface area contributed by atoms with E-state index in [4.69, 9.17) is 0 Å². The van der Waals surface area contributed by atoms with Crippen LogP contribution in [0.2, 0.25) is 0 Å². The fourth-order valence-corrected chi connectivity index (χ4v) is 3.73. The first-order chi connectivity index (χ1) is 15.4. The molecule has 32 heavy (non-hydrogen) atoms. The summed E-state index contributed by atoms with van der Waals surface area (Å²) in [4.78, 5) is 23.3. The van der Waals surface area contributed by atoms with Gasteiger partial charge in [0, 0.05) is 18.3 Å². The Balaban J connectivity index is 2.02. The second kappa shape index (κ2) is 12.5. The summed E-state index contributed by atoms with van der Waals surface area (Å²) in [7, 11) is 0. The zero-order chi connectivity index (χ0) is 23.5. The highest BCUT2D eigenvalue weighted by molar-refractivity contribution is 5.87. The van der Waals surface area contributed by atoms with Gasteiger partial charge in [-0.05, 0) is 67.7 Å². The van der Waals surface area contributed by atoms with Gasteiger partial charge < -0.3 is 10.6 Å². The fourth-order valence-electron chi connectivity index (χ4n) is 3.73. The van der Waals surface area contributed by atoms with Crippen LogP contribution in [0.4, 0.5) is 0 Å². The van der Waals surface area contributed by atoms with E-state index < -0.39 is 0 Å². The number of carbonyl (C=O) groups excluding carboxylic acids is 2. The molecule has 1 atom stereocenters. The largest absolute Gasteiger partial charge is 0.378 e. The number of hydrogen-bond acceptors (Lipinski definition) is 3. The average Bonchev–Trinajstić information content (AvgIpc) is 2.77. The number of hydrogen-bond donors (Lipinski definition) is 2. The molecule has 0 saturated heterocycles. The van der Waals surface area contributed by atoms with Crippen LogP contribution >= 0.6 is 0 Å². The molecule has 168 valence electrons. The van der Waals surface area contributed by atoms with Gasteiger partial charge in [-0.2, -0.15) is 0 Å². The Morgan fingerprint density at radius 3 is 2.47 bits per heavy atom. The summed E-state index contributed by atoms with van der Waals surface area (Å²) in [5, 5.41) is 8.85. The average molecular weight is 431 g/mol. The first-order valence-corrected chi connectivity index (χ1v) is 11.1. The van der Waals surface area contributed by atoms with Crippen molar-refractivity contribution in [3.05, 3.63) is 95.8 Å². The van der Waals surface area contributed by atoms with E-state index in [2.05, 4.69) is 60.5 Å². The van der Waals surface area contributed by atoms with Crippen LogP contribution in [0.5, 0.6) is 0 Å². The molecule has 2 aromatic carbocycles. The highest BCUT2D eigenvalue weighted by Gasteiger charge is 2.15. The second-order valence-corrected chi connectivity index (χ2v) is 7.76. The fraction of sp³-hybridized carbons (Fsp3) is 0.286. The third-order valence-corrected chi connectivity index (χ3v) is 5.33. The molecule has 2 aromatic rings. The standard InChI is InChI=1S/C28H34N2O2/c1-6-23(19-28(32)29-18-11-10-13-20(3)31)25(7-2)21(4)30-22(5)26-17-12-15-24-14-8-9-16-27(24)26/h6-10,12-17,22,30H,4,11,18-19H2,1-3,5H3,(H,29,32)/b13-10+,23-6-,25-7-. The van der Waals surface area contributed by atoms with Crippen molar-refractivity contribution in [2.45, 2.75) is 46.6 Å². The monoisotopic (exact) mass is 430 g/mol. The van der Waals surface area contributed by atoms with Gasteiger partial charge in [0.15, 0.2) is 5.78 Å². The van der Waals surface area contributed by atoms with Crippen LogP contribution in [0, 0.1) is 0 Å². The Morgan fingerprint density at radius 2 is 1.78 bits per heavy atom. The molecule has 0 spiro atoms. The molecule has 2 rings (SSSR count). The van der Waals surface area contributed by atoms with Gasteiger partial charge in [0.1, 0.15) is 0 Å². The Morgan fingerprint density at radius 1 is 1.06 bits per heavy atom. The molecule has 0 aromatic heterocycles. The molecule has 0 aliphatic rings. The van der Waals surface area contributed by atoms with Crippen molar-refractivity contribution in [2.24, 2.45) is 0 Å². The van der Waals surface area contributed by atoms with E-state index in [0.29, 0.717) is 13.0 Å². The summed E-state index contributed by atoms with van der Waals surface area (Å²) < 4.78 is 0. The Labute approximate surface area is 191 Å². The number of nitrogens with one attached hydrogen (secondary N) is 2. The first kappa shape index (κ1) is 24.9. The predicted octanol–water partition coefficient (Wildman–Crippen LogP) is 5.94. The van der Waals surface area contributed by atoms with Crippen LogP contribution < -0.4 is 10.6 Å². The zero-order valence-electron chi connectivity index (χ0n) is 19.6. The van der Waals surface area contributed by atoms with Crippen LogP contribution in [0.3, 0.4) is 0 Å². The number of rotatable bonds is 11.